The second-order valence-corrected chi connectivity index (χ2v) is 9.34. The van der Waals surface area contributed by atoms with Crippen LogP contribution in [0, 0.1) is 5.92 Å². The maximum Gasteiger partial charge on any atom is 0.490 e. The van der Waals surface area contributed by atoms with E-state index in [-0.39, 0.29) is 6.42 Å². The lowest BCUT2D eigenvalue weighted by atomic mass is 9.94. The Kier molecular flexibility index (Phi) is 7.65. The van der Waals surface area contributed by atoms with Crippen molar-refractivity contribution >= 4 is 29.0 Å². The van der Waals surface area contributed by atoms with Gasteiger partial charge in [-0.15, -0.1) is 0 Å². The van der Waals surface area contributed by atoms with Crippen LogP contribution in [0.15, 0.2) is 34.3 Å². The number of piperazine rings is 2. The van der Waals surface area contributed by atoms with E-state index in [2.05, 4.69) is 19.6 Å². The molecule has 3 aliphatic rings. The highest BCUT2D eigenvalue weighted by Crippen LogP contribution is 2.36. The van der Waals surface area contributed by atoms with Crippen LogP contribution in [0.25, 0.3) is 0 Å². The molecular formula is C24H33F3N6O2. The molecule has 3 heterocycles. The molecule has 2 fully saturated rings. The Morgan fingerprint density at radius 1 is 0.914 bits per heavy atom. The Morgan fingerprint density at radius 2 is 1.34 bits per heavy atom. The average molecular weight is 495 g/mol. The predicted octanol–water partition coefficient (Wildman–Crippen LogP) is 2.76. The second-order valence-electron chi connectivity index (χ2n) is 9.34. The summed E-state index contributed by atoms with van der Waals surface area (Å²) in [4.78, 5) is 30.5. The van der Waals surface area contributed by atoms with Crippen molar-refractivity contribution in [3.8, 4) is 0 Å². The third kappa shape index (κ3) is 5.78. The molecule has 0 spiro atoms. The Bertz CT molecular complexity index is 907. The molecule has 0 N–H and O–H groups in total. The molecular weight excluding hydrogens is 461 g/mol. The summed E-state index contributed by atoms with van der Waals surface area (Å²) in [6.45, 7) is 7.63. The lowest BCUT2D eigenvalue weighted by Gasteiger charge is -2.42. The fraction of sp³-hybridized carbons (Fsp3) is 0.625. The van der Waals surface area contributed by atoms with Gasteiger partial charge in [0, 0.05) is 52.4 Å². The van der Waals surface area contributed by atoms with Crippen LogP contribution in [-0.2, 0) is 9.53 Å². The molecule has 0 bridgehead atoms. The summed E-state index contributed by atoms with van der Waals surface area (Å²) < 4.78 is 44.8. The van der Waals surface area contributed by atoms with Crippen LogP contribution < -0.4 is 0 Å². The molecule has 0 saturated carbocycles. The average Bonchev–Trinajstić information content (AvgIpc) is 3.00. The molecule has 192 valence electrons. The largest absolute Gasteiger partial charge is 0.490 e. The number of ether oxygens (including phenoxy) is 1. The lowest BCUT2D eigenvalue weighted by Crippen LogP contribution is -2.57. The van der Waals surface area contributed by atoms with Crippen LogP contribution in [-0.4, -0.2) is 116 Å². The van der Waals surface area contributed by atoms with Crippen LogP contribution in [0.3, 0.4) is 0 Å². The first-order chi connectivity index (χ1) is 16.7. The predicted molar refractivity (Wildman–Crippen MR) is 128 cm³/mol. The van der Waals surface area contributed by atoms with Gasteiger partial charge in [-0.2, -0.15) is 13.2 Å². The number of halogens is 3. The molecule has 11 heteroatoms. The number of fused-ring (bicyclic) bond motifs is 1. The van der Waals surface area contributed by atoms with Crippen molar-refractivity contribution in [1.82, 2.24) is 19.6 Å². The van der Waals surface area contributed by atoms with Gasteiger partial charge in [-0.1, -0.05) is 19.1 Å². The van der Waals surface area contributed by atoms with Crippen molar-refractivity contribution in [2.24, 2.45) is 15.9 Å². The highest BCUT2D eigenvalue weighted by atomic mass is 19.4. The Hall–Kier alpha value is -2.66. The molecule has 0 aromatic heterocycles. The number of hydrogen-bond donors (Lipinski definition) is 0. The van der Waals surface area contributed by atoms with Crippen LogP contribution in [0.4, 0.5) is 24.5 Å². The normalized spacial score (nSPS) is 21.7. The zero-order chi connectivity index (χ0) is 25.2. The van der Waals surface area contributed by atoms with E-state index in [4.69, 9.17) is 14.7 Å². The number of carbonyl (C=O) groups excluding carboxylic acids is 1. The first kappa shape index (κ1) is 25.4. The molecule has 1 aromatic rings. The summed E-state index contributed by atoms with van der Waals surface area (Å²) >= 11 is 0. The highest BCUT2D eigenvalue weighted by Gasteiger charge is 2.46. The van der Waals surface area contributed by atoms with Gasteiger partial charge >= 0.3 is 12.1 Å². The van der Waals surface area contributed by atoms with Crippen LogP contribution >= 0.6 is 0 Å². The number of nitrogens with zero attached hydrogens (tertiary/aromatic N) is 6. The monoisotopic (exact) mass is 494 g/mol. The fourth-order valence-electron chi connectivity index (χ4n) is 4.68. The molecule has 0 amide bonds. The van der Waals surface area contributed by atoms with E-state index in [1.807, 2.05) is 38.4 Å². The van der Waals surface area contributed by atoms with Gasteiger partial charge in [-0.25, -0.2) is 14.8 Å². The molecule has 35 heavy (non-hydrogen) atoms. The Balaban J connectivity index is 1.81. The SMILES string of the molecule is CCC(OC(=O)C(F)(F)F)C1C(N2CCN(C)CC2)=Nc2ccccc2N=C1N1CCN(C)CC1. The van der Waals surface area contributed by atoms with Gasteiger partial charge in [0.2, 0.25) is 0 Å². The van der Waals surface area contributed by atoms with Gasteiger partial charge in [0.15, 0.2) is 0 Å². The number of aliphatic imine (C=N–C) groups is 2. The molecule has 0 aliphatic carbocycles. The summed E-state index contributed by atoms with van der Waals surface area (Å²) in [5.74, 6) is -1.67. The number of para-hydroxylation sites is 2. The van der Waals surface area contributed by atoms with Gasteiger partial charge < -0.3 is 24.3 Å². The fourth-order valence-corrected chi connectivity index (χ4v) is 4.68. The van der Waals surface area contributed by atoms with Crippen molar-refractivity contribution in [1.29, 1.82) is 0 Å². The standard InChI is InChI=1S/C24H33F3N6O2/c1-4-19(35-23(34)24(25,26)27)20-21(32-13-9-30(2)10-14-32)28-17-7-5-6-8-18(17)29-22(20)33-15-11-31(3)12-16-33/h5-8,19-20H,4,9-16H2,1-3H3. The third-order valence-electron chi connectivity index (χ3n) is 6.83. The van der Waals surface area contributed by atoms with Crippen LogP contribution in [0.5, 0.6) is 0 Å². The van der Waals surface area contributed by atoms with Crippen molar-refractivity contribution in [2.75, 3.05) is 66.5 Å². The van der Waals surface area contributed by atoms with Gasteiger partial charge in [0.05, 0.1) is 11.4 Å². The summed E-state index contributed by atoms with van der Waals surface area (Å²) in [6, 6.07) is 7.47. The van der Waals surface area contributed by atoms with E-state index in [1.54, 1.807) is 6.92 Å². The number of benzene rings is 1. The van der Waals surface area contributed by atoms with Gasteiger partial charge in [-0.05, 0) is 32.6 Å². The lowest BCUT2D eigenvalue weighted by molar-refractivity contribution is -0.205. The van der Waals surface area contributed by atoms with Crippen LogP contribution in [0.2, 0.25) is 0 Å². The second kappa shape index (κ2) is 10.5. The molecule has 1 aromatic carbocycles. The molecule has 3 aliphatic heterocycles. The van der Waals surface area contributed by atoms with E-state index in [0.717, 1.165) is 26.2 Å². The maximum atomic E-state index is 13.2. The van der Waals surface area contributed by atoms with Crippen molar-refractivity contribution in [2.45, 2.75) is 25.6 Å². The summed E-state index contributed by atoms with van der Waals surface area (Å²) in [5, 5.41) is 0. The zero-order valence-electron chi connectivity index (χ0n) is 20.5. The molecule has 8 nitrogen and oxygen atoms in total. The minimum absolute atomic E-state index is 0.197. The minimum Gasteiger partial charge on any atom is -0.454 e. The van der Waals surface area contributed by atoms with Gasteiger partial charge in [0.25, 0.3) is 0 Å². The van der Waals surface area contributed by atoms with Crippen LogP contribution in [0.1, 0.15) is 13.3 Å². The number of esters is 1. The van der Waals surface area contributed by atoms with Crippen molar-refractivity contribution in [3.05, 3.63) is 24.3 Å². The molecule has 0 radical (unpaired) electrons. The number of alkyl halides is 3. The van der Waals surface area contributed by atoms with Crippen molar-refractivity contribution in [3.63, 3.8) is 0 Å². The van der Waals surface area contributed by atoms with E-state index >= 15 is 0 Å². The van der Waals surface area contributed by atoms with E-state index in [9.17, 15) is 18.0 Å². The molecule has 1 atom stereocenters. The maximum absolute atomic E-state index is 13.2. The molecule has 4 rings (SSSR count). The minimum atomic E-state index is -5.07. The first-order valence-electron chi connectivity index (χ1n) is 12.1. The number of rotatable bonds is 3. The number of amidine groups is 2. The van der Waals surface area contributed by atoms with Crippen molar-refractivity contribution < 1.29 is 22.7 Å². The van der Waals surface area contributed by atoms with E-state index in [0.29, 0.717) is 49.2 Å². The smallest absolute Gasteiger partial charge is 0.454 e. The number of likely N-dealkylation sites (N-methyl/N-ethyl adjacent to an activating group) is 2. The van der Waals surface area contributed by atoms with Gasteiger partial charge in [-0.3, -0.25) is 0 Å². The summed E-state index contributed by atoms with van der Waals surface area (Å²) in [5.41, 5.74) is 1.32. The Labute approximate surface area is 204 Å². The first-order valence-corrected chi connectivity index (χ1v) is 12.1. The van der Waals surface area contributed by atoms with Gasteiger partial charge in [0.1, 0.15) is 23.7 Å². The Morgan fingerprint density at radius 3 is 1.71 bits per heavy atom. The molecule has 2 saturated heterocycles. The number of carbonyl (C=O) groups is 1. The third-order valence-corrected chi connectivity index (χ3v) is 6.83. The summed E-state index contributed by atoms with van der Waals surface area (Å²) in [6.07, 6.45) is -5.94. The summed E-state index contributed by atoms with van der Waals surface area (Å²) in [7, 11) is 4.08. The number of hydrogen-bond acceptors (Lipinski definition) is 8. The van der Waals surface area contributed by atoms with E-state index < -0.39 is 24.2 Å². The quantitative estimate of drug-likeness (QED) is 0.603. The highest BCUT2D eigenvalue weighted by molar-refractivity contribution is 6.10. The topological polar surface area (TPSA) is 64.0 Å². The van der Waals surface area contributed by atoms with E-state index in [1.165, 1.54) is 0 Å². The zero-order valence-corrected chi connectivity index (χ0v) is 20.5. The molecule has 1 unspecified atom stereocenters.